The van der Waals surface area contributed by atoms with Gasteiger partial charge in [0.25, 0.3) is 11.8 Å². The number of fused-ring (bicyclic) bond motifs is 1. The number of nitrogens with one attached hydrogen (secondary N) is 1. The summed E-state index contributed by atoms with van der Waals surface area (Å²) in [5.41, 5.74) is 2.47. The lowest BCUT2D eigenvalue weighted by atomic mass is 9.80. The first-order chi connectivity index (χ1) is 20.3. The molecule has 2 aliphatic rings. The predicted octanol–water partition coefficient (Wildman–Crippen LogP) is 3.75. The van der Waals surface area contributed by atoms with Gasteiger partial charge in [-0.25, -0.2) is 9.59 Å². The van der Waals surface area contributed by atoms with E-state index in [2.05, 4.69) is 33.5 Å². The zero-order valence-electron chi connectivity index (χ0n) is 26.1. The minimum absolute atomic E-state index is 0. The number of hydrogen-bond acceptors (Lipinski definition) is 9. The largest absolute Gasteiger partial charge is 0.870 e. The van der Waals surface area contributed by atoms with Crippen LogP contribution >= 0.6 is 11.6 Å². The second kappa shape index (κ2) is 15.6. The van der Waals surface area contributed by atoms with Crippen LogP contribution in [0.5, 0.6) is 0 Å². The molecule has 1 atom stereocenters. The first-order valence-corrected chi connectivity index (χ1v) is 14.2. The lowest BCUT2D eigenvalue weighted by Crippen LogP contribution is -2.36. The normalized spacial score (nSPS) is 16.0. The third-order valence-corrected chi connectivity index (χ3v) is 6.69. The molecule has 0 bridgehead atoms. The Morgan fingerprint density at radius 1 is 0.932 bits per heavy atom. The molecule has 12 heteroatoms. The molecule has 2 amide bonds. The maximum Gasteiger partial charge on any atom is 0.336 e. The average Bonchev–Trinajstić information content (AvgIpc) is 3.19. The highest BCUT2D eigenvalue weighted by molar-refractivity contribution is 6.31. The molecule has 0 fully saturated rings. The molecule has 0 aliphatic carbocycles. The molecule has 0 saturated heterocycles. The number of benzene rings is 2. The lowest BCUT2D eigenvalue weighted by Gasteiger charge is -2.31. The Morgan fingerprint density at radius 2 is 1.48 bits per heavy atom. The number of ether oxygens (including phenoxy) is 3. The molecule has 2 N–H and O–H groups in total. The summed E-state index contributed by atoms with van der Waals surface area (Å²) in [6.07, 6.45) is 0. The van der Waals surface area contributed by atoms with E-state index in [4.69, 9.17) is 25.8 Å². The van der Waals surface area contributed by atoms with Gasteiger partial charge in [-0.3, -0.25) is 14.5 Å². The molecule has 4 rings (SSSR count). The van der Waals surface area contributed by atoms with Crippen LogP contribution in [0, 0.1) is 0 Å². The van der Waals surface area contributed by atoms with Gasteiger partial charge in [0.2, 0.25) is 0 Å². The van der Waals surface area contributed by atoms with Crippen LogP contribution in [-0.2, 0) is 23.8 Å². The number of nitrogens with zero attached hydrogens (tertiary/aromatic N) is 2. The van der Waals surface area contributed by atoms with Crippen LogP contribution in [0.15, 0.2) is 71.1 Å². The van der Waals surface area contributed by atoms with Gasteiger partial charge in [-0.15, -0.1) is 0 Å². The second-order valence-electron chi connectivity index (χ2n) is 11.3. The van der Waals surface area contributed by atoms with Crippen LogP contribution < -0.4 is 5.32 Å². The average molecular weight is 630 g/mol. The Balaban J connectivity index is 0.00000104. The molecule has 44 heavy (non-hydrogen) atoms. The third-order valence-electron chi connectivity index (χ3n) is 6.35. The highest BCUT2D eigenvalue weighted by atomic mass is 35.5. The van der Waals surface area contributed by atoms with Gasteiger partial charge < -0.3 is 29.5 Å². The van der Waals surface area contributed by atoms with Crippen molar-refractivity contribution in [3.8, 4) is 0 Å². The summed E-state index contributed by atoms with van der Waals surface area (Å²) in [7, 11) is 9.76. The molecule has 2 aromatic rings. The maximum atomic E-state index is 13.2. The van der Waals surface area contributed by atoms with E-state index >= 15 is 0 Å². The minimum atomic E-state index is -0.869. The number of carbonyl (C=O) groups excluding carboxylic acids is 4. The van der Waals surface area contributed by atoms with E-state index in [9.17, 15) is 19.2 Å². The van der Waals surface area contributed by atoms with E-state index in [0.717, 1.165) is 9.38 Å². The summed E-state index contributed by atoms with van der Waals surface area (Å²) in [5.74, 6) is -2.88. The van der Waals surface area contributed by atoms with Gasteiger partial charge in [0.05, 0.1) is 95.6 Å². The topological polar surface area (TPSA) is 141 Å². The number of carbonyl (C=O) groups is 4. The number of methoxy groups -OCH3 is 1. The number of esters is 2. The molecule has 0 aromatic heterocycles. The summed E-state index contributed by atoms with van der Waals surface area (Å²) in [4.78, 5) is 52.4. The smallest absolute Gasteiger partial charge is 0.336 e. The van der Waals surface area contributed by atoms with Gasteiger partial charge in [0, 0.05) is 10.7 Å². The first-order valence-electron chi connectivity index (χ1n) is 13.8. The Morgan fingerprint density at radius 3 is 2.00 bits per heavy atom. The Hall–Kier alpha value is -4.03. The van der Waals surface area contributed by atoms with Crippen LogP contribution in [0.2, 0.25) is 5.02 Å². The molecular formula is C32H40ClN3O8. The number of halogens is 1. The highest BCUT2D eigenvalue weighted by Crippen LogP contribution is 2.41. The zero-order chi connectivity index (χ0) is 31.9. The molecule has 238 valence electrons. The van der Waals surface area contributed by atoms with E-state index in [-0.39, 0.29) is 54.8 Å². The zero-order valence-corrected chi connectivity index (χ0v) is 26.9. The van der Waals surface area contributed by atoms with Crippen molar-refractivity contribution in [3.05, 3.63) is 92.8 Å². The maximum absolute atomic E-state index is 13.2. The molecule has 1 unspecified atom stereocenters. The van der Waals surface area contributed by atoms with E-state index in [0.29, 0.717) is 33.1 Å². The third kappa shape index (κ3) is 8.54. The Labute approximate surface area is 262 Å². The van der Waals surface area contributed by atoms with Crippen molar-refractivity contribution in [1.29, 1.82) is 0 Å². The molecule has 0 radical (unpaired) electrons. The number of amides is 2. The van der Waals surface area contributed by atoms with Crippen molar-refractivity contribution < 1.29 is 43.3 Å². The van der Waals surface area contributed by atoms with Gasteiger partial charge >= 0.3 is 11.9 Å². The minimum Gasteiger partial charge on any atom is -0.870 e. The molecule has 2 heterocycles. The number of imide groups is 1. The van der Waals surface area contributed by atoms with Crippen LogP contribution in [0.1, 0.15) is 46.0 Å². The summed E-state index contributed by atoms with van der Waals surface area (Å²) in [6, 6.07) is 13.5. The van der Waals surface area contributed by atoms with Gasteiger partial charge in [-0.05, 0) is 37.6 Å². The summed E-state index contributed by atoms with van der Waals surface area (Å²) in [6.45, 7) is 3.46. The van der Waals surface area contributed by atoms with E-state index < -0.39 is 17.9 Å². The summed E-state index contributed by atoms with van der Waals surface area (Å²) in [5, 5.41) is 3.45. The first kappa shape index (κ1) is 36.2. The lowest BCUT2D eigenvalue weighted by molar-refractivity contribution is -0.849. The number of quaternary nitrogens is 1. The quantitative estimate of drug-likeness (QED) is 0.190. The predicted molar refractivity (Wildman–Crippen MR) is 164 cm³/mol. The number of dihydropyridines is 1. The fourth-order valence-corrected chi connectivity index (χ4v) is 4.88. The van der Waals surface area contributed by atoms with Crippen LogP contribution in [-0.4, -0.2) is 100 Å². The highest BCUT2D eigenvalue weighted by Gasteiger charge is 2.40. The van der Waals surface area contributed by atoms with Crippen LogP contribution in [0.4, 0.5) is 0 Å². The molecular weight excluding hydrogens is 590 g/mol. The fourth-order valence-electron chi connectivity index (χ4n) is 4.63. The second-order valence-corrected chi connectivity index (χ2v) is 11.7. The molecule has 2 aromatic carbocycles. The van der Waals surface area contributed by atoms with Crippen LogP contribution in [0.3, 0.4) is 0 Å². The van der Waals surface area contributed by atoms with E-state index in [1.807, 2.05) is 0 Å². The standard InChI is InChI=1S/C28H27ClN2O7.C4H12N.H2O/c1-4-38-28(35)24-21(15-37-14-13-31-25(32)17-9-5-6-10-18(17)26(31)33)30-16(2)22(27(34)36-3)23(24)19-11-7-8-12-20(19)29;1-5(2,3)4;/h5-12,23,30H,4,13-15H2,1-3H3;1-4H3;1H2/q;+1;/p-1. The molecule has 11 nitrogen and oxygen atoms in total. The molecule has 0 spiro atoms. The van der Waals surface area contributed by atoms with Crippen molar-refractivity contribution in [1.82, 2.24) is 10.2 Å². The van der Waals surface area contributed by atoms with Crippen molar-refractivity contribution >= 4 is 35.4 Å². The Kier molecular flexibility index (Phi) is 12.8. The van der Waals surface area contributed by atoms with Gasteiger partial charge in [0.1, 0.15) is 0 Å². The summed E-state index contributed by atoms with van der Waals surface area (Å²) < 4.78 is 17.2. The fraction of sp³-hybridized carbons (Fsp3) is 0.375. The number of allylic oxidation sites excluding steroid dienone is 1. The van der Waals surface area contributed by atoms with Crippen molar-refractivity contribution in [2.75, 3.05) is 61.7 Å². The van der Waals surface area contributed by atoms with E-state index in [1.165, 1.54) is 7.11 Å². The van der Waals surface area contributed by atoms with Crippen LogP contribution in [0.25, 0.3) is 0 Å². The van der Waals surface area contributed by atoms with E-state index in [1.54, 1.807) is 62.4 Å². The SMILES string of the molecule is CCOC(=O)C1=C(COCCN2C(=O)c3ccccc3C2=O)NC(C)=C(C(=O)OC)C1c1ccccc1Cl.C[N+](C)(C)C.[OH-]. The number of hydrogen-bond donors (Lipinski definition) is 1. The van der Waals surface area contributed by atoms with Gasteiger partial charge in [-0.1, -0.05) is 41.9 Å². The summed E-state index contributed by atoms with van der Waals surface area (Å²) >= 11 is 6.51. The van der Waals surface area contributed by atoms with Crippen molar-refractivity contribution in [2.45, 2.75) is 19.8 Å². The van der Waals surface area contributed by atoms with Crippen molar-refractivity contribution in [3.63, 3.8) is 0 Å². The monoisotopic (exact) mass is 629 g/mol. The molecule has 2 aliphatic heterocycles. The molecule has 0 saturated carbocycles. The number of rotatable bonds is 9. The Bertz CT molecular complexity index is 1420. The van der Waals surface area contributed by atoms with Gasteiger partial charge in [-0.2, -0.15) is 0 Å². The van der Waals surface area contributed by atoms with Crippen molar-refractivity contribution in [2.24, 2.45) is 0 Å². The van der Waals surface area contributed by atoms with Gasteiger partial charge in [0.15, 0.2) is 0 Å².